The Bertz CT molecular complexity index is 215. The minimum Gasteiger partial charge on any atom is -0.394 e. The van der Waals surface area contributed by atoms with Crippen LogP contribution in [0, 0.1) is 5.92 Å². The van der Waals surface area contributed by atoms with Crippen LogP contribution >= 0.6 is 0 Å². The highest BCUT2D eigenvalue weighted by Crippen LogP contribution is 2.11. The number of hydrogen-bond donors (Lipinski definition) is 5. The smallest absolute Gasteiger partial charge is 0.103 e. The predicted octanol–water partition coefficient (Wildman–Crippen LogP) is -0.815. The van der Waals surface area contributed by atoms with Crippen molar-refractivity contribution in [3.05, 3.63) is 12.7 Å². The maximum absolute atomic E-state index is 9.72. The van der Waals surface area contributed by atoms with Crippen LogP contribution in [0.1, 0.15) is 19.8 Å². The molecule has 0 aromatic carbocycles. The molecule has 0 rings (SSSR count). The van der Waals surface area contributed by atoms with E-state index in [0.29, 0.717) is 6.61 Å². The Morgan fingerprint density at radius 1 is 1.28 bits per heavy atom. The van der Waals surface area contributed by atoms with Crippen molar-refractivity contribution in [2.75, 3.05) is 19.8 Å². The Kier molecular flexibility index (Phi) is 10.1. The van der Waals surface area contributed by atoms with E-state index in [0.717, 1.165) is 12.8 Å². The van der Waals surface area contributed by atoms with Crippen LogP contribution < -0.4 is 5.48 Å². The second-order valence-corrected chi connectivity index (χ2v) is 4.29. The molecule has 0 amide bonds. The number of aliphatic hydroxyl groups excluding tert-OH is 4. The summed E-state index contributed by atoms with van der Waals surface area (Å²) in [6.45, 7) is 5.29. The lowest BCUT2D eigenvalue weighted by Gasteiger charge is -2.26. The second-order valence-electron chi connectivity index (χ2n) is 4.29. The van der Waals surface area contributed by atoms with E-state index in [1.807, 2.05) is 0 Å². The van der Waals surface area contributed by atoms with E-state index in [4.69, 9.17) is 9.94 Å². The van der Waals surface area contributed by atoms with E-state index in [1.54, 1.807) is 13.0 Å². The molecule has 0 unspecified atom stereocenters. The fourth-order valence-electron chi connectivity index (χ4n) is 1.39. The highest BCUT2D eigenvalue weighted by Gasteiger charge is 2.27. The van der Waals surface area contributed by atoms with E-state index in [9.17, 15) is 15.3 Å². The first-order valence-corrected chi connectivity index (χ1v) is 6.15. The number of hydroxylamine groups is 1. The molecule has 0 spiro atoms. The van der Waals surface area contributed by atoms with Gasteiger partial charge in [0.15, 0.2) is 0 Å². The zero-order valence-corrected chi connectivity index (χ0v) is 10.8. The van der Waals surface area contributed by atoms with Crippen molar-refractivity contribution in [2.45, 2.75) is 38.1 Å². The lowest BCUT2D eigenvalue weighted by atomic mass is 9.94. The topological polar surface area (TPSA) is 102 Å². The van der Waals surface area contributed by atoms with Crippen LogP contribution in [-0.4, -0.2) is 58.5 Å². The summed E-state index contributed by atoms with van der Waals surface area (Å²) < 4.78 is 0. The highest BCUT2D eigenvalue weighted by atomic mass is 16.6. The van der Waals surface area contributed by atoms with Gasteiger partial charge in [0.25, 0.3) is 0 Å². The van der Waals surface area contributed by atoms with Crippen molar-refractivity contribution in [3.63, 3.8) is 0 Å². The average Bonchev–Trinajstić information content (AvgIpc) is 2.39. The quantitative estimate of drug-likeness (QED) is 0.190. The second kappa shape index (κ2) is 10.4. The number of rotatable bonds is 11. The molecule has 0 fully saturated rings. The van der Waals surface area contributed by atoms with Gasteiger partial charge in [-0.1, -0.05) is 13.0 Å². The Labute approximate surface area is 108 Å². The molecule has 0 saturated carbocycles. The summed E-state index contributed by atoms with van der Waals surface area (Å²) in [5.41, 5.74) is 2.60. The SMILES string of the molecule is C=CCCCONC[C@H](O)[C@@H](C)[C@H](O)[C@H](O)CO. The molecule has 0 saturated heterocycles. The molecule has 0 aromatic heterocycles. The molecule has 4 atom stereocenters. The number of hydrogen-bond acceptors (Lipinski definition) is 6. The minimum atomic E-state index is -1.25. The Morgan fingerprint density at radius 3 is 2.50 bits per heavy atom. The molecule has 0 bridgehead atoms. The van der Waals surface area contributed by atoms with E-state index >= 15 is 0 Å². The number of nitrogens with one attached hydrogen (secondary N) is 1. The van der Waals surface area contributed by atoms with Gasteiger partial charge in [-0.05, 0) is 12.8 Å². The predicted molar refractivity (Wildman–Crippen MR) is 67.7 cm³/mol. The van der Waals surface area contributed by atoms with Gasteiger partial charge in [-0.25, -0.2) is 0 Å². The summed E-state index contributed by atoms with van der Waals surface area (Å²) in [6.07, 6.45) is 0.208. The molecule has 0 heterocycles. The molecule has 108 valence electrons. The zero-order chi connectivity index (χ0) is 14.0. The van der Waals surface area contributed by atoms with Crippen molar-refractivity contribution in [1.82, 2.24) is 5.48 Å². The van der Waals surface area contributed by atoms with Gasteiger partial charge in [0.05, 0.1) is 25.4 Å². The third-order valence-electron chi connectivity index (χ3n) is 2.78. The fourth-order valence-corrected chi connectivity index (χ4v) is 1.39. The third kappa shape index (κ3) is 7.05. The van der Waals surface area contributed by atoms with Crippen LogP contribution in [0.2, 0.25) is 0 Å². The van der Waals surface area contributed by atoms with Gasteiger partial charge < -0.3 is 25.3 Å². The summed E-state index contributed by atoms with van der Waals surface area (Å²) in [7, 11) is 0. The Balaban J connectivity index is 3.73. The van der Waals surface area contributed by atoms with Crippen molar-refractivity contribution >= 4 is 0 Å². The molecule has 6 nitrogen and oxygen atoms in total. The summed E-state index contributed by atoms with van der Waals surface area (Å²) >= 11 is 0. The maximum atomic E-state index is 9.72. The van der Waals surface area contributed by atoms with Crippen LogP contribution in [0.4, 0.5) is 0 Å². The Morgan fingerprint density at radius 2 is 1.94 bits per heavy atom. The summed E-state index contributed by atoms with van der Waals surface area (Å²) in [5.74, 6) is -0.573. The molecule has 0 radical (unpaired) electrons. The van der Waals surface area contributed by atoms with Crippen molar-refractivity contribution in [2.24, 2.45) is 5.92 Å². The number of allylic oxidation sites excluding steroid dienone is 1. The van der Waals surface area contributed by atoms with E-state index in [-0.39, 0.29) is 6.54 Å². The first kappa shape index (κ1) is 17.5. The standard InChI is InChI=1S/C12H25NO5/c1-3-4-5-6-18-13-7-10(15)9(2)12(17)11(16)8-14/h3,9-17H,1,4-8H2,2H3/t9-,10+,11-,12+/m1/s1. The van der Waals surface area contributed by atoms with Gasteiger partial charge in [-0.3, -0.25) is 0 Å². The summed E-state index contributed by atoms with van der Waals surface area (Å²) in [6, 6.07) is 0. The maximum Gasteiger partial charge on any atom is 0.103 e. The molecule has 0 aliphatic rings. The molecule has 5 N–H and O–H groups in total. The molecule has 18 heavy (non-hydrogen) atoms. The largest absolute Gasteiger partial charge is 0.394 e. The first-order chi connectivity index (χ1) is 8.54. The van der Waals surface area contributed by atoms with Crippen LogP contribution in [0.5, 0.6) is 0 Å². The van der Waals surface area contributed by atoms with Gasteiger partial charge in [-0.15, -0.1) is 6.58 Å². The molecule has 0 aliphatic carbocycles. The van der Waals surface area contributed by atoms with E-state index in [2.05, 4.69) is 12.1 Å². The first-order valence-electron chi connectivity index (χ1n) is 6.15. The van der Waals surface area contributed by atoms with Crippen LogP contribution in [0.3, 0.4) is 0 Å². The fraction of sp³-hybridized carbons (Fsp3) is 0.833. The summed E-state index contributed by atoms with van der Waals surface area (Å²) in [5, 5.41) is 37.2. The van der Waals surface area contributed by atoms with E-state index in [1.165, 1.54) is 0 Å². The zero-order valence-electron chi connectivity index (χ0n) is 10.8. The van der Waals surface area contributed by atoms with Crippen LogP contribution in [-0.2, 0) is 4.84 Å². The monoisotopic (exact) mass is 263 g/mol. The lowest BCUT2D eigenvalue weighted by molar-refractivity contribution is -0.0779. The van der Waals surface area contributed by atoms with Gasteiger partial charge in [0.1, 0.15) is 6.10 Å². The van der Waals surface area contributed by atoms with Crippen molar-refractivity contribution in [3.8, 4) is 0 Å². The normalized spacial score (nSPS) is 18.1. The van der Waals surface area contributed by atoms with Gasteiger partial charge in [0, 0.05) is 12.5 Å². The molecule has 0 aliphatic heterocycles. The van der Waals surface area contributed by atoms with Crippen molar-refractivity contribution in [1.29, 1.82) is 0 Å². The lowest BCUT2D eigenvalue weighted by Crippen LogP contribution is -2.43. The average molecular weight is 263 g/mol. The molecular formula is C12H25NO5. The Hall–Kier alpha value is -0.500. The molecular weight excluding hydrogens is 238 g/mol. The van der Waals surface area contributed by atoms with Crippen LogP contribution in [0.25, 0.3) is 0 Å². The highest BCUT2D eigenvalue weighted by molar-refractivity contribution is 4.78. The third-order valence-corrected chi connectivity index (χ3v) is 2.78. The van der Waals surface area contributed by atoms with Gasteiger partial charge in [-0.2, -0.15) is 5.48 Å². The van der Waals surface area contributed by atoms with Crippen molar-refractivity contribution < 1.29 is 25.3 Å². The summed E-state index contributed by atoms with van der Waals surface area (Å²) in [4.78, 5) is 5.07. The van der Waals surface area contributed by atoms with Crippen LogP contribution in [0.15, 0.2) is 12.7 Å². The molecule has 6 heteroatoms. The van der Waals surface area contributed by atoms with Gasteiger partial charge >= 0.3 is 0 Å². The van der Waals surface area contributed by atoms with Gasteiger partial charge in [0.2, 0.25) is 0 Å². The minimum absolute atomic E-state index is 0.143. The number of unbranched alkanes of at least 4 members (excludes halogenated alkanes) is 1. The number of aliphatic hydroxyl groups is 4. The molecule has 0 aromatic rings. The van der Waals surface area contributed by atoms with E-state index < -0.39 is 30.8 Å².